The highest BCUT2D eigenvalue weighted by atomic mass is 32.1. The number of aryl methyl sites for hydroxylation is 1. The van der Waals surface area contributed by atoms with Crippen LogP contribution in [0, 0.1) is 18.3 Å². The minimum absolute atomic E-state index is 0.128. The van der Waals surface area contributed by atoms with E-state index in [1.807, 2.05) is 13.0 Å². The van der Waals surface area contributed by atoms with Crippen LogP contribution in [0.3, 0.4) is 0 Å². The maximum absolute atomic E-state index is 11.8. The number of carbonyl (C=O) groups excluding carboxylic acids is 1. The lowest BCUT2D eigenvalue weighted by molar-refractivity contribution is -0.116. The van der Waals surface area contributed by atoms with E-state index >= 15 is 0 Å². The summed E-state index contributed by atoms with van der Waals surface area (Å²) in [6, 6.07) is 6.99. The molecule has 0 unspecified atom stereocenters. The van der Waals surface area contributed by atoms with E-state index < -0.39 is 0 Å². The molecule has 8 heteroatoms. The smallest absolute Gasteiger partial charge is 0.226 e. The van der Waals surface area contributed by atoms with Gasteiger partial charge in [0.05, 0.1) is 25.3 Å². The SMILES string of the molecule is COc1cc(C#N)ccc1OCCCC(=O)Nc1nnc(C)s1. The Morgan fingerprint density at radius 3 is 2.87 bits per heavy atom. The van der Waals surface area contributed by atoms with Crippen LogP contribution < -0.4 is 14.8 Å². The monoisotopic (exact) mass is 332 g/mol. The first-order valence-corrected chi connectivity index (χ1v) is 7.75. The van der Waals surface area contributed by atoms with Gasteiger partial charge in [0.25, 0.3) is 0 Å². The number of hydrogen-bond donors (Lipinski definition) is 1. The van der Waals surface area contributed by atoms with Crippen LogP contribution in [-0.2, 0) is 4.79 Å². The Kier molecular flexibility index (Phi) is 5.88. The molecule has 1 amide bonds. The van der Waals surface area contributed by atoms with E-state index in [2.05, 4.69) is 15.5 Å². The highest BCUT2D eigenvalue weighted by molar-refractivity contribution is 7.15. The molecule has 120 valence electrons. The van der Waals surface area contributed by atoms with E-state index in [0.717, 1.165) is 5.01 Å². The van der Waals surface area contributed by atoms with Gasteiger partial charge in [-0.1, -0.05) is 11.3 Å². The van der Waals surface area contributed by atoms with Gasteiger partial charge in [0.1, 0.15) is 5.01 Å². The van der Waals surface area contributed by atoms with Gasteiger partial charge in [-0.2, -0.15) is 5.26 Å². The van der Waals surface area contributed by atoms with E-state index in [4.69, 9.17) is 14.7 Å². The summed E-state index contributed by atoms with van der Waals surface area (Å²) >= 11 is 1.33. The third kappa shape index (κ3) is 4.93. The fraction of sp³-hybridized carbons (Fsp3) is 0.333. The van der Waals surface area contributed by atoms with Crippen molar-refractivity contribution in [3.05, 3.63) is 28.8 Å². The molecule has 0 radical (unpaired) electrons. The second kappa shape index (κ2) is 8.10. The molecule has 0 aliphatic rings. The second-order valence-electron chi connectivity index (χ2n) is 4.60. The van der Waals surface area contributed by atoms with E-state index in [1.165, 1.54) is 18.4 Å². The molecular weight excluding hydrogens is 316 g/mol. The molecule has 1 N–H and O–H groups in total. The minimum atomic E-state index is -0.128. The zero-order chi connectivity index (χ0) is 16.7. The fourth-order valence-corrected chi connectivity index (χ4v) is 2.41. The zero-order valence-electron chi connectivity index (χ0n) is 12.8. The van der Waals surface area contributed by atoms with Crippen molar-refractivity contribution in [3.63, 3.8) is 0 Å². The molecule has 1 heterocycles. The van der Waals surface area contributed by atoms with E-state index in [0.29, 0.717) is 41.6 Å². The topological polar surface area (TPSA) is 97.1 Å². The Bertz CT molecular complexity index is 724. The molecular formula is C15H16N4O3S. The van der Waals surface area contributed by atoms with Crippen LogP contribution in [0.15, 0.2) is 18.2 Å². The van der Waals surface area contributed by atoms with Crippen molar-refractivity contribution in [2.24, 2.45) is 0 Å². The number of anilines is 1. The van der Waals surface area contributed by atoms with Crippen LogP contribution in [-0.4, -0.2) is 29.8 Å². The fourth-order valence-electron chi connectivity index (χ4n) is 1.80. The van der Waals surface area contributed by atoms with Crippen molar-refractivity contribution in [2.45, 2.75) is 19.8 Å². The van der Waals surface area contributed by atoms with Crippen LogP contribution in [0.1, 0.15) is 23.4 Å². The number of nitrogens with zero attached hydrogens (tertiary/aromatic N) is 3. The molecule has 0 spiro atoms. The molecule has 23 heavy (non-hydrogen) atoms. The van der Waals surface area contributed by atoms with Gasteiger partial charge in [-0.3, -0.25) is 4.79 Å². The van der Waals surface area contributed by atoms with Crippen molar-refractivity contribution >= 4 is 22.4 Å². The molecule has 7 nitrogen and oxygen atoms in total. The maximum atomic E-state index is 11.8. The van der Waals surface area contributed by atoms with Crippen molar-refractivity contribution in [1.29, 1.82) is 5.26 Å². The highest BCUT2D eigenvalue weighted by Crippen LogP contribution is 2.28. The summed E-state index contributed by atoms with van der Waals surface area (Å²) in [6.45, 7) is 2.19. The average Bonchev–Trinajstić information content (AvgIpc) is 2.96. The predicted molar refractivity (Wildman–Crippen MR) is 85.7 cm³/mol. The number of carbonyl (C=O) groups is 1. The number of benzene rings is 1. The Labute approximate surface area is 137 Å². The third-order valence-electron chi connectivity index (χ3n) is 2.87. The van der Waals surface area contributed by atoms with Crippen molar-refractivity contribution in [3.8, 4) is 17.6 Å². The van der Waals surface area contributed by atoms with E-state index in [-0.39, 0.29) is 5.91 Å². The predicted octanol–water partition coefficient (Wildman–Crippen LogP) is 2.52. The number of methoxy groups -OCH3 is 1. The summed E-state index contributed by atoms with van der Waals surface area (Å²) in [5.41, 5.74) is 0.501. The number of nitriles is 1. The molecule has 0 saturated heterocycles. The quantitative estimate of drug-likeness (QED) is 0.783. The first-order valence-electron chi connectivity index (χ1n) is 6.93. The molecule has 0 aliphatic heterocycles. The Morgan fingerprint density at radius 2 is 2.22 bits per heavy atom. The Hall–Kier alpha value is -2.66. The number of rotatable bonds is 7. The summed E-state index contributed by atoms with van der Waals surface area (Å²) in [6.07, 6.45) is 0.865. The van der Waals surface area contributed by atoms with E-state index in [9.17, 15) is 4.79 Å². The average molecular weight is 332 g/mol. The lowest BCUT2D eigenvalue weighted by Gasteiger charge is -2.10. The van der Waals surface area contributed by atoms with Crippen LogP contribution >= 0.6 is 11.3 Å². The van der Waals surface area contributed by atoms with Crippen molar-refractivity contribution < 1.29 is 14.3 Å². The maximum Gasteiger partial charge on any atom is 0.226 e. The number of ether oxygens (including phenoxy) is 2. The molecule has 0 aliphatic carbocycles. The Balaban J connectivity index is 1.77. The summed E-state index contributed by atoms with van der Waals surface area (Å²) in [5.74, 6) is 0.918. The molecule has 1 aromatic heterocycles. The summed E-state index contributed by atoms with van der Waals surface area (Å²) in [4.78, 5) is 11.8. The van der Waals surface area contributed by atoms with Crippen LogP contribution in [0.5, 0.6) is 11.5 Å². The number of nitrogens with one attached hydrogen (secondary N) is 1. The lowest BCUT2D eigenvalue weighted by Crippen LogP contribution is -2.12. The van der Waals surface area contributed by atoms with Crippen molar-refractivity contribution in [2.75, 3.05) is 19.0 Å². The van der Waals surface area contributed by atoms with Crippen molar-refractivity contribution in [1.82, 2.24) is 10.2 Å². The largest absolute Gasteiger partial charge is 0.493 e. The standard InChI is InChI=1S/C15H16N4O3S/c1-10-18-19-15(23-10)17-14(20)4-3-7-22-12-6-5-11(9-16)8-13(12)21-2/h5-6,8H,3-4,7H2,1-2H3,(H,17,19,20). The third-order valence-corrected chi connectivity index (χ3v) is 3.62. The van der Waals surface area contributed by atoms with Gasteiger partial charge in [0.2, 0.25) is 11.0 Å². The van der Waals surface area contributed by atoms with Gasteiger partial charge in [0, 0.05) is 12.5 Å². The minimum Gasteiger partial charge on any atom is -0.493 e. The number of aromatic nitrogens is 2. The molecule has 0 saturated carbocycles. The number of hydrogen-bond acceptors (Lipinski definition) is 7. The van der Waals surface area contributed by atoms with Crippen LogP contribution in [0.4, 0.5) is 5.13 Å². The summed E-state index contributed by atoms with van der Waals surface area (Å²) in [5, 5.41) is 20.5. The van der Waals surface area contributed by atoms with Gasteiger partial charge in [-0.25, -0.2) is 0 Å². The molecule has 2 aromatic rings. The van der Waals surface area contributed by atoms with Crippen LogP contribution in [0.25, 0.3) is 0 Å². The summed E-state index contributed by atoms with van der Waals surface area (Å²) < 4.78 is 10.8. The highest BCUT2D eigenvalue weighted by Gasteiger charge is 2.08. The lowest BCUT2D eigenvalue weighted by atomic mass is 10.2. The molecule has 2 rings (SSSR count). The molecule has 0 fully saturated rings. The molecule has 0 atom stereocenters. The zero-order valence-corrected chi connectivity index (χ0v) is 13.6. The van der Waals surface area contributed by atoms with Gasteiger partial charge in [-0.15, -0.1) is 10.2 Å². The molecule has 1 aromatic carbocycles. The second-order valence-corrected chi connectivity index (χ2v) is 5.79. The normalized spacial score (nSPS) is 9.96. The van der Waals surface area contributed by atoms with Gasteiger partial charge >= 0.3 is 0 Å². The first-order chi connectivity index (χ1) is 11.1. The van der Waals surface area contributed by atoms with Gasteiger partial charge in [0.15, 0.2) is 11.5 Å². The van der Waals surface area contributed by atoms with Gasteiger partial charge in [-0.05, 0) is 25.5 Å². The van der Waals surface area contributed by atoms with E-state index in [1.54, 1.807) is 18.2 Å². The Morgan fingerprint density at radius 1 is 1.39 bits per heavy atom. The van der Waals surface area contributed by atoms with Crippen LogP contribution in [0.2, 0.25) is 0 Å². The number of amides is 1. The molecule has 0 bridgehead atoms. The first kappa shape index (κ1) is 16.7. The summed E-state index contributed by atoms with van der Waals surface area (Å²) in [7, 11) is 1.51. The van der Waals surface area contributed by atoms with Gasteiger partial charge < -0.3 is 14.8 Å².